The molecule has 0 bridgehead atoms. The quantitative estimate of drug-likeness (QED) is 0.351. The molecule has 5 aromatic rings. The number of rotatable bonds is 6. The van der Waals surface area contributed by atoms with Crippen molar-refractivity contribution in [1.82, 2.24) is 30.1 Å². The Morgan fingerprint density at radius 2 is 1.68 bits per heavy atom. The zero-order valence-corrected chi connectivity index (χ0v) is 21.5. The molecule has 11 heteroatoms. The number of halogens is 1. The number of hydrogen-bond acceptors (Lipinski definition) is 8. The molecule has 0 amide bonds. The number of hydrogen-bond donors (Lipinski definition) is 1. The lowest BCUT2D eigenvalue weighted by atomic mass is 10.0. The standard InChI is InChI=1S/C29H26FN7O3/c30-22-8-4-5-9-24(22)35-10-12-36(13-11-35)27(28-32-33-34-37(28)17-19-6-2-1-3-7-19)21-14-20-15-25-26(40-18-39-25)16-23(20)31-29(21)38/h1-9,14-16,27H,10-13,17-18H2,(H,31,38)/t27-/m0/s1. The van der Waals surface area contributed by atoms with Gasteiger partial charge in [-0.15, -0.1) is 5.10 Å². The van der Waals surface area contributed by atoms with E-state index in [1.54, 1.807) is 22.9 Å². The fourth-order valence-electron chi connectivity index (χ4n) is 5.52. The minimum atomic E-state index is -0.528. The molecule has 2 aliphatic heterocycles. The molecular weight excluding hydrogens is 513 g/mol. The van der Waals surface area contributed by atoms with Gasteiger partial charge in [0.25, 0.3) is 5.56 Å². The van der Waals surface area contributed by atoms with Gasteiger partial charge in [-0.05, 0) is 40.3 Å². The van der Waals surface area contributed by atoms with Gasteiger partial charge >= 0.3 is 0 Å². The van der Waals surface area contributed by atoms with Crippen molar-refractivity contribution in [3.63, 3.8) is 0 Å². The van der Waals surface area contributed by atoms with E-state index in [0.717, 1.165) is 10.9 Å². The van der Waals surface area contributed by atoms with E-state index in [4.69, 9.17) is 9.47 Å². The Labute approximate surface area is 228 Å². The second-order valence-electron chi connectivity index (χ2n) is 9.90. The fourth-order valence-corrected chi connectivity index (χ4v) is 5.52. The van der Waals surface area contributed by atoms with E-state index in [1.165, 1.54) is 6.07 Å². The van der Waals surface area contributed by atoms with Crippen LogP contribution in [0.25, 0.3) is 10.9 Å². The molecule has 4 heterocycles. The highest BCUT2D eigenvalue weighted by Crippen LogP contribution is 2.36. The maximum atomic E-state index is 14.5. The Morgan fingerprint density at radius 1 is 0.925 bits per heavy atom. The first kappa shape index (κ1) is 24.3. The van der Waals surface area contributed by atoms with Gasteiger partial charge in [0.2, 0.25) is 6.79 Å². The van der Waals surface area contributed by atoms with Crippen LogP contribution in [-0.2, 0) is 6.54 Å². The molecular formula is C29H26FN7O3. The summed E-state index contributed by atoms with van der Waals surface area (Å²) in [6.45, 7) is 2.93. The van der Waals surface area contributed by atoms with Crippen LogP contribution >= 0.6 is 0 Å². The van der Waals surface area contributed by atoms with Gasteiger partial charge < -0.3 is 19.4 Å². The number of pyridine rings is 1. The van der Waals surface area contributed by atoms with E-state index in [2.05, 4.69) is 25.4 Å². The van der Waals surface area contributed by atoms with Crippen molar-refractivity contribution >= 4 is 16.6 Å². The summed E-state index contributed by atoms with van der Waals surface area (Å²) >= 11 is 0. The largest absolute Gasteiger partial charge is 0.454 e. The van der Waals surface area contributed by atoms with Crippen LogP contribution < -0.4 is 19.9 Å². The normalized spacial score (nSPS) is 16.0. The van der Waals surface area contributed by atoms with Crippen LogP contribution in [0, 0.1) is 5.82 Å². The van der Waals surface area contributed by atoms with E-state index in [-0.39, 0.29) is 18.2 Å². The predicted molar refractivity (Wildman–Crippen MR) is 146 cm³/mol. The highest BCUT2D eigenvalue weighted by Gasteiger charge is 2.33. The molecule has 0 radical (unpaired) electrons. The lowest BCUT2D eigenvalue weighted by Crippen LogP contribution is -2.49. The number of benzene rings is 3. The number of aromatic amines is 1. The summed E-state index contributed by atoms with van der Waals surface area (Å²) in [4.78, 5) is 20.9. The van der Waals surface area contributed by atoms with E-state index in [1.807, 2.05) is 53.4 Å². The molecule has 1 atom stereocenters. The van der Waals surface area contributed by atoms with Gasteiger partial charge in [-0.1, -0.05) is 42.5 Å². The number of ether oxygens (including phenoxy) is 2. The van der Waals surface area contributed by atoms with E-state index >= 15 is 0 Å². The van der Waals surface area contributed by atoms with Crippen molar-refractivity contribution in [2.75, 3.05) is 37.9 Å². The first-order valence-electron chi connectivity index (χ1n) is 13.1. The van der Waals surface area contributed by atoms with Gasteiger partial charge in [0.1, 0.15) is 11.9 Å². The molecule has 0 spiro atoms. The minimum Gasteiger partial charge on any atom is -0.454 e. The summed E-state index contributed by atoms with van der Waals surface area (Å²) in [7, 11) is 0. The van der Waals surface area contributed by atoms with E-state index in [0.29, 0.717) is 66.8 Å². The first-order valence-corrected chi connectivity index (χ1v) is 13.1. The summed E-state index contributed by atoms with van der Waals surface area (Å²) in [5.41, 5.74) is 2.56. The Morgan fingerprint density at radius 3 is 2.48 bits per heavy atom. The zero-order valence-electron chi connectivity index (χ0n) is 21.5. The number of anilines is 1. The van der Waals surface area contributed by atoms with Crippen LogP contribution in [-0.4, -0.2) is 63.1 Å². The Bertz CT molecular complexity index is 1730. The van der Waals surface area contributed by atoms with Gasteiger partial charge in [-0.25, -0.2) is 9.07 Å². The fraction of sp³-hybridized carbons (Fsp3) is 0.241. The number of nitrogens with zero attached hydrogens (tertiary/aromatic N) is 6. The Kier molecular flexibility index (Phi) is 6.12. The number of aromatic nitrogens is 5. The van der Waals surface area contributed by atoms with E-state index in [9.17, 15) is 9.18 Å². The smallest absolute Gasteiger partial charge is 0.253 e. The molecule has 40 heavy (non-hydrogen) atoms. The molecule has 2 aliphatic rings. The summed E-state index contributed by atoms with van der Waals surface area (Å²) in [5, 5.41) is 13.5. The molecule has 2 aromatic heterocycles. The zero-order chi connectivity index (χ0) is 27.1. The Balaban J connectivity index is 1.28. The molecule has 1 saturated heterocycles. The van der Waals surface area contributed by atoms with Crippen molar-refractivity contribution in [2.45, 2.75) is 12.6 Å². The summed E-state index contributed by atoms with van der Waals surface area (Å²) in [6.07, 6.45) is 0. The van der Waals surface area contributed by atoms with Crippen LogP contribution in [0.15, 0.2) is 77.6 Å². The van der Waals surface area contributed by atoms with Crippen LogP contribution in [0.5, 0.6) is 11.5 Å². The third-order valence-corrected chi connectivity index (χ3v) is 7.51. The van der Waals surface area contributed by atoms with Crippen molar-refractivity contribution in [1.29, 1.82) is 0 Å². The number of para-hydroxylation sites is 1. The molecule has 0 unspecified atom stereocenters. The highest BCUT2D eigenvalue weighted by atomic mass is 19.1. The molecule has 0 aliphatic carbocycles. The van der Waals surface area contributed by atoms with Crippen molar-refractivity contribution in [3.8, 4) is 11.5 Å². The topological polar surface area (TPSA) is 101 Å². The first-order chi connectivity index (χ1) is 19.6. The average Bonchev–Trinajstić information content (AvgIpc) is 3.63. The minimum absolute atomic E-state index is 0.145. The lowest BCUT2D eigenvalue weighted by molar-refractivity contribution is 0.174. The number of piperazine rings is 1. The van der Waals surface area contributed by atoms with Gasteiger partial charge in [0, 0.05) is 43.2 Å². The molecule has 7 rings (SSSR count). The van der Waals surface area contributed by atoms with Gasteiger partial charge in [-0.2, -0.15) is 0 Å². The SMILES string of the molecule is O=c1[nH]c2cc3c(cc2cc1[C@@H](c1nnnn1Cc1ccccc1)N1CCN(c2ccccc2F)CC1)OCO3. The molecule has 3 aromatic carbocycles. The Hall–Kier alpha value is -4.77. The van der Waals surface area contributed by atoms with Crippen molar-refractivity contribution < 1.29 is 13.9 Å². The maximum Gasteiger partial charge on any atom is 0.253 e. The van der Waals surface area contributed by atoms with E-state index < -0.39 is 6.04 Å². The van der Waals surface area contributed by atoms with Crippen molar-refractivity contribution in [2.24, 2.45) is 0 Å². The van der Waals surface area contributed by atoms with Crippen LogP contribution in [0.2, 0.25) is 0 Å². The van der Waals surface area contributed by atoms with Crippen molar-refractivity contribution in [3.05, 3.63) is 106 Å². The second-order valence-corrected chi connectivity index (χ2v) is 9.90. The van der Waals surface area contributed by atoms with Gasteiger partial charge in [0.15, 0.2) is 17.3 Å². The number of tetrazole rings is 1. The van der Waals surface area contributed by atoms with Crippen LogP contribution in [0.3, 0.4) is 0 Å². The average molecular weight is 540 g/mol. The van der Waals surface area contributed by atoms with Crippen LogP contribution in [0.4, 0.5) is 10.1 Å². The summed E-state index contributed by atoms with van der Waals surface area (Å²) in [5.74, 6) is 1.55. The molecule has 202 valence electrons. The van der Waals surface area contributed by atoms with Gasteiger partial charge in [0.05, 0.1) is 17.7 Å². The second kappa shape index (κ2) is 10.1. The lowest BCUT2D eigenvalue weighted by Gasteiger charge is -2.39. The number of nitrogens with one attached hydrogen (secondary N) is 1. The molecule has 1 fully saturated rings. The third kappa shape index (κ3) is 4.43. The molecule has 1 N–H and O–H groups in total. The monoisotopic (exact) mass is 539 g/mol. The molecule has 10 nitrogen and oxygen atoms in total. The maximum absolute atomic E-state index is 14.5. The molecule has 0 saturated carbocycles. The third-order valence-electron chi connectivity index (χ3n) is 7.51. The van der Waals surface area contributed by atoms with Crippen LogP contribution in [0.1, 0.15) is 23.0 Å². The predicted octanol–water partition coefficient (Wildman–Crippen LogP) is 3.34. The van der Waals surface area contributed by atoms with Gasteiger partial charge in [-0.3, -0.25) is 9.69 Å². The summed E-state index contributed by atoms with van der Waals surface area (Å²) < 4.78 is 27.3. The number of fused-ring (bicyclic) bond motifs is 2. The highest BCUT2D eigenvalue weighted by molar-refractivity contribution is 5.83. The number of H-pyrrole nitrogens is 1. The summed E-state index contributed by atoms with van der Waals surface area (Å²) in [6, 6.07) is 21.7.